The molecule has 1 aliphatic heterocycles. The standard InChI is InChI=1S/C6H10O5/c7-5(8)3-11-6-4-9-1-2-10-6/h6H,1-4H2,(H,7,8). The number of rotatable bonds is 3. The van der Waals surface area contributed by atoms with E-state index in [4.69, 9.17) is 19.3 Å². The summed E-state index contributed by atoms with van der Waals surface area (Å²) in [6.45, 7) is 0.985. The Morgan fingerprint density at radius 1 is 1.64 bits per heavy atom. The highest BCUT2D eigenvalue weighted by Gasteiger charge is 2.15. The first-order valence-corrected chi connectivity index (χ1v) is 3.32. The number of ether oxygens (including phenoxy) is 3. The van der Waals surface area contributed by atoms with Crippen LogP contribution in [0.3, 0.4) is 0 Å². The molecule has 5 nitrogen and oxygen atoms in total. The van der Waals surface area contributed by atoms with Crippen LogP contribution < -0.4 is 0 Å². The van der Waals surface area contributed by atoms with Gasteiger partial charge in [-0.05, 0) is 0 Å². The van der Waals surface area contributed by atoms with Crippen LogP contribution in [-0.4, -0.2) is 43.8 Å². The summed E-state index contributed by atoms with van der Waals surface area (Å²) in [7, 11) is 0. The fourth-order valence-electron chi connectivity index (χ4n) is 0.727. The smallest absolute Gasteiger partial charge is 0.329 e. The zero-order valence-corrected chi connectivity index (χ0v) is 5.99. The van der Waals surface area contributed by atoms with Gasteiger partial charge in [0.1, 0.15) is 6.61 Å². The second-order valence-corrected chi connectivity index (χ2v) is 2.08. The summed E-state index contributed by atoms with van der Waals surface area (Å²) in [5.41, 5.74) is 0. The summed E-state index contributed by atoms with van der Waals surface area (Å²) < 4.78 is 14.8. The largest absolute Gasteiger partial charge is 0.480 e. The van der Waals surface area contributed by atoms with Crippen LogP contribution in [0.15, 0.2) is 0 Å². The van der Waals surface area contributed by atoms with Crippen LogP contribution in [-0.2, 0) is 19.0 Å². The SMILES string of the molecule is O=C(O)COC1COCCO1. The van der Waals surface area contributed by atoms with Gasteiger partial charge in [-0.2, -0.15) is 0 Å². The van der Waals surface area contributed by atoms with Gasteiger partial charge in [-0.15, -0.1) is 0 Å². The lowest BCUT2D eigenvalue weighted by Gasteiger charge is -2.21. The minimum atomic E-state index is -1.00. The van der Waals surface area contributed by atoms with E-state index in [0.717, 1.165) is 0 Å². The summed E-state index contributed by atoms with van der Waals surface area (Å²) >= 11 is 0. The Morgan fingerprint density at radius 3 is 3.00 bits per heavy atom. The summed E-state index contributed by atoms with van der Waals surface area (Å²) in [4.78, 5) is 10.0. The monoisotopic (exact) mass is 162 g/mol. The summed E-state index contributed by atoms with van der Waals surface area (Å²) in [5.74, 6) is -1.00. The highest BCUT2D eigenvalue weighted by molar-refractivity contribution is 5.67. The lowest BCUT2D eigenvalue weighted by atomic mass is 10.6. The summed E-state index contributed by atoms with van der Waals surface area (Å²) in [5, 5.41) is 8.22. The molecule has 64 valence electrons. The molecule has 0 aliphatic carbocycles. The second-order valence-electron chi connectivity index (χ2n) is 2.08. The average molecular weight is 162 g/mol. The molecule has 1 fully saturated rings. The van der Waals surface area contributed by atoms with Crippen molar-refractivity contribution >= 4 is 5.97 Å². The Kier molecular flexibility index (Phi) is 3.28. The third-order valence-electron chi connectivity index (χ3n) is 1.18. The average Bonchev–Trinajstić information content (AvgIpc) is 2.03. The minimum absolute atomic E-state index is 0.313. The van der Waals surface area contributed by atoms with E-state index in [9.17, 15) is 4.79 Å². The molecule has 1 unspecified atom stereocenters. The van der Waals surface area contributed by atoms with Gasteiger partial charge in [0.25, 0.3) is 0 Å². The lowest BCUT2D eigenvalue weighted by Crippen LogP contribution is -2.32. The van der Waals surface area contributed by atoms with Gasteiger partial charge in [-0.1, -0.05) is 0 Å². The molecule has 0 bridgehead atoms. The van der Waals surface area contributed by atoms with Gasteiger partial charge in [0.15, 0.2) is 6.29 Å². The molecule has 0 aromatic heterocycles. The van der Waals surface area contributed by atoms with E-state index >= 15 is 0 Å². The molecule has 0 saturated carbocycles. The van der Waals surface area contributed by atoms with Crippen LogP contribution in [0.2, 0.25) is 0 Å². The molecule has 11 heavy (non-hydrogen) atoms. The third-order valence-corrected chi connectivity index (χ3v) is 1.18. The van der Waals surface area contributed by atoms with Crippen LogP contribution in [0.1, 0.15) is 0 Å². The van der Waals surface area contributed by atoms with Crippen LogP contribution in [0.25, 0.3) is 0 Å². The van der Waals surface area contributed by atoms with Crippen molar-refractivity contribution in [1.29, 1.82) is 0 Å². The Hall–Kier alpha value is -0.650. The molecule has 5 heteroatoms. The second kappa shape index (κ2) is 4.27. The highest BCUT2D eigenvalue weighted by Crippen LogP contribution is 2.01. The van der Waals surface area contributed by atoms with Crippen molar-refractivity contribution in [1.82, 2.24) is 0 Å². The van der Waals surface area contributed by atoms with Crippen molar-refractivity contribution < 1.29 is 24.1 Å². The first-order valence-electron chi connectivity index (χ1n) is 3.32. The summed E-state index contributed by atoms with van der Waals surface area (Å²) in [6.07, 6.45) is -0.514. The third kappa shape index (κ3) is 3.31. The Labute approximate surface area is 63.9 Å². The molecule has 0 aromatic rings. The Bertz CT molecular complexity index is 129. The molecule has 0 spiro atoms. The maximum atomic E-state index is 10.0. The quantitative estimate of drug-likeness (QED) is 0.603. The highest BCUT2D eigenvalue weighted by atomic mass is 16.7. The van der Waals surface area contributed by atoms with E-state index in [0.29, 0.717) is 19.8 Å². The molecule has 1 aliphatic rings. The summed E-state index contributed by atoms with van der Waals surface area (Å²) in [6, 6.07) is 0. The van der Waals surface area contributed by atoms with E-state index in [1.54, 1.807) is 0 Å². The number of hydrogen-bond donors (Lipinski definition) is 1. The van der Waals surface area contributed by atoms with Crippen LogP contribution >= 0.6 is 0 Å². The van der Waals surface area contributed by atoms with Gasteiger partial charge in [0.05, 0.1) is 19.8 Å². The number of aliphatic carboxylic acids is 1. The van der Waals surface area contributed by atoms with E-state index in [1.807, 2.05) is 0 Å². The number of hydrogen-bond acceptors (Lipinski definition) is 4. The number of carboxylic acid groups (broad SMARTS) is 1. The van der Waals surface area contributed by atoms with Crippen molar-refractivity contribution in [3.63, 3.8) is 0 Å². The van der Waals surface area contributed by atoms with Gasteiger partial charge in [-0.3, -0.25) is 0 Å². The molecular formula is C6H10O5. The molecule has 0 radical (unpaired) electrons. The fraction of sp³-hybridized carbons (Fsp3) is 0.833. The molecule has 1 rings (SSSR count). The predicted molar refractivity (Wildman–Crippen MR) is 34.1 cm³/mol. The minimum Gasteiger partial charge on any atom is -0.480 e. The van der Waals surface area contributed by atoms with Gasteiger partial charge >= 0.3 is 5.97 Å². The molecule has 1 saturated heterocycles. The normalized spacial score (nSPS) is 24.9. The van der Waals surface area contributed by atoms with Crippen LogP contribution in [0, 0.1) is 0 Å². The first kappa shape index (κ1) is 8.45. The van der Waals surface area contributed by atoms with E-state index < -0.39 is 12.3 Å². The lowest BCUT2D eigenvalue weighted by molar-refractivity contribution is -0.214. The number of carbonyl (C=O) groups is 1. The number of carboxylic acids is 1. The van der Waals surface area contributed by atoms with Crippen LogP contribution in [0.4, 0.5) is 0 Å². The van der Waals surface area contributed by atoms with Crippen molar-refractivity contribution in [2.45, 2.75) is 6.29 Å². The topological polar surface area (TPSA) is 65.0 Å². The first-order chi connectivity index (χ1) is 5.29. The van der Waals surface area contributed by atoms with Crippen molar-refractivity contribution in [2.75, 3.05) is 26.4 Å². The van der Waals surface area contributed by atoms with Gasteiger partial charge < -0.3 is 19.3 Å². The van der Waals surface area contributed by atoms with Crippen molar-refractivity contribution in [2.24, 2.45) is 0 Å². The Morgan fingerprint density at radius 2 is 2.45 bits per heavy atom. The van der Waals surface area contributed by atoms with Crippen LogP contribution in [0.5, 0.6) is 0 Å². The van der Waals surface area contributed by atoms with Crippen molar-refractivity contribution in [3.8, 4) is 0 Å². The van der Waals surface area contributed by atoms with Gasteiger partial charge in [0, 0.05) is 0 Å². The molecule has 1 atom stereocenters. The van der Waals surface area contributed by atoms with Crippen molar-refractivity contribution in [3.05, 3.63) is 0 Å². The maximum absolute atomic E-state index is 10.0. The predicted octanol–water partition coefficient (Wildman–Crippen LogP) is -0.540. The molecule has 0 aromatic carbocycles. The maximum Gasteiger partial charge on any atom is 0.329 e. The molecular weight excluding hydrogens is 152 g/mol. The van der Waals surface area contributed by atoms with E-state index in [1.165, 1.54) is 0 Å². The van der Waals surface area contributed by atoms with E-state index in [2.05, 4.69) is 0 Å². The molecule has 1 heterocycles. The molecule has 1 N–H and O–H groups in total. The Balaban J connectivity index is 2.09. The fourth-order valence-corrected chi connectivity index (χ4v) is 0.727. The van der Waals surface area contributed by atoms with E-state index in [-0.39, 0.29) is 6.61 Å². The van der Waals surface area contributed by atoms with Gasteiger partial charge in [0.2, 0.25) is 0 Å². The zero-order chi connectivity index (χ0) is 8.10. The van der Waals surface area contributed by atoms with Gasteiger partial charge in [-0.25, -0.2) is 4.79 Å². The molecule has 0 amide bonds. The zero-order valence-electron chi connectivity index (χ0n) is 5.99.